The van der Waals surface area contributed by atoms with Gasteiger partial charge in [0.25, 0.3) is 16.6 Å². The lowest BCUT2D eigenvalue weighted by Gasteiger charge is -2.40. The predicted octanol–water partition coefficient (Wildman–Crippen LogP) is 11.2. The smallest absolute Gasteiger partial charge is 0.303 e. The third kappa shape index (κ3) is 7.32. The number of carbonyl (C=O) groups is 2. The van der Waals surface area contributed by atoms with E-state index in [1.54, 1.807) is 10.9 Å². The Morgan fingerprint density at radius 2 is 1.47 bits per heavy atom. The van der Waals surface area contributed by atoms with Gasteiger partial charge in [-0.2, -0.15) is 0 Å². The molecular formula is C46H55N5O7Si2. The first-order valence-electron chi connectivity index (χ1n) is 20.6. The van der Waals surface area contributed by atoms with Crippen LogP contribution in [0.2, 0.25) is 36.3 Å². The lowest BCUT2D eigenvalue weighted by molar-refractivity contribution is -0.155. The van der Waals surface area contributed by atoms with Gasteiger partial charge in [0.15, 0.2) is 22.7 Å². The summed E-state index contributed by atoms with van der Waals surface area (Å²) in [6.45, 7) is 25.2. The molecule has 0 bridgehead atoms. The molecule has 0 spiro atoms. The van der Waals surface area contributed by atoms with Gasteiger partial charge in [0.05, 0.1) is 12.0 Å². The molecular weight excluding hydrogens is 791 g/mol. The second-order valence-corrected chi connectivity index (χ2v) is 28.6. The fraction of sp³-hybridized carbons (Fsp3) is 0.413. The Bertz CT molecular complexity index is 2790. The zero-order chi connectivity index (χ0) is 43.1. The summed E-state index contributed by atoms with van der Waals surface area (Å²) in [5.41, 5.74) is 1.84. The second kappa shape index (κ2) is 14.7. The molecule has 0 unspecified atom stereocenters. The van der Waals surface area contributed by atoms with E-state index >= 15 is 0 Å². The van der Waals surface area contributed by atoms with Crippen molar-refractivity contribution >= 4 is 94.3 Å². The highest BCUT2D eigenvalue weighted by Crippen LogP contribution is 2.52. The summed E-state index contributed by atoms with van der Waals surface area (Å²) in [7, 11) is -4.82. The average molecular weight is 846 g/mol. The summed E-state index contributed by atoms with van der Waals surface area (Å²) in [6, 6.07) is 19.6. The van der Waals surface area contributed by atoms with Crippen molar-refractivity contribution in [2.45, 2.75) is 117 Å². The molecule has 1 aliphatic rings. The number of ether oxygens (including phenoxy) is 3. The number of rotatable bonds is 10. The van der Waals surface area contributed by atoms with Crippen molar-refractivity contribution in [3.05, 3.63) is 67.3 Å². The molecule has 1 fully saturated rings. The number of esters is 2. The van der Waals surface area contributed by atoms with Gasteiger partial charge in [0.1, 0.15) is 37.1 Å². The summed E-state index contributed by atoms with van der Waals surface area (Å²) in [4.78, 5) is 37.9. The van der Waals surface area contributed by atoms with Crippen LogP contribution in [-0.2, 0) is 23.8 Å². The van der Waals surface area contributed by atoms with Crippen molar-refractivity contribution in [3.8, 4) is 11.5 Å². The van der Waals surface area contributed by atoms with Gasteiger partial charge in [-0.15, -0.1) is 0 Å². The number of imidazole rings is 1. The monoisotopic (exact) mass is 845 g/mol. The number of carbonyl (C=O) groups excluding carboxylic acids is 2. The molecule has 5 aromatic carbocycles. The van der Waals surface area contributed by atoms with Gasteiger partial charge >= 0.3 is 11.9 Å². The summed E-state index contributed by atoms with van der Waals surface area (Å²) in [5, 5.41) is 12.5. The third-order valence-electron chi connectivity index (χ3n) is 12.9. The van der Waals surface area contributed by atoms with E-state index in [2.05, 4.69) is 133 Å². The van der Waals surface area contributed by atoms with E-state index in [1.165, 1.54) is 41.7 Å². The predicted molar refractivity (Wildman–Crippen MR) is 243 cm³/mol. The van der Waals surface area contributed by atoms with Crippen LogP contribution < -0.4 is 14.2 Å². The van der Waals surface area contributed by atoms with Gasteiger partial charge in [-0.1, -0.05) is 84.0 Å². The minimum Gasteiger partial charge on any atom is -0.541 e. The Labute approximate surface area is 352 Å². The summed E-state index contributed by atoms with van der Waals surface area (Å²) in [5.74, 6) is 1.06. The van der Waals surface area contributed by atoms with Crippen molar-refractivity contribution < 1.29 is 32.7 Å². The third-order valence-corrected chi connectivity index (χ3v) is 21.5. The van der Waals surface area contributed by atoms with Crippen molar-refractivity contribution in [2.24, 2.45) is 0 Å². The molecule has 14 heteroatoms. The number of anilines is 2. The van der Waals surface area contributed by atoms with Gasteiger partial charge in [0.2, 0.25) is 0 Å². The topological polar surface area (TPSA) is 136 Å². The van der Waals surface area contributed by atoms with Crippen LogP contribution in [-0.4, -0.2) is 66.9 Å². The minimum absolute atomic E-state index is 0.0536. The molecule has 0 amide bonds. The van der Waals surface area contributed by atoms with Gasteiger partial charge in [0, 0.05) is 37.1 Å². The molecule has 3 heterocycles. The standard InChI is InChI=1S/C46H55N5O7Si2/c1-26(52)54-23-36-34(55-27(2)53)22-37(56-36)51-25-49-41-43(47-24-48-44(41)51)50-33-21-35(57-59(9,10)45(3,4)5)42(58-60(11,12)46(6,7)8)32-20-30-17-16-28-14-13-15-29-18-19-31(40(32)33)39(30)38(28)29/h13-21,24-25,34,36-37H,22-23H2,1-12H3,(H,47,48,50)/t34-,36+,37+/m0/s1. The van der Waals surface area contributed by atoms with Crippen molar-refractivity contribution in [1.82, 2.24) is 19.5 Å². The first-order valence-corrected chi connectivity index (χ1v) is 26.4. The van der Waals surface area contributed by atoms with Crippen LogP contribution in [0, 0.1) is 0 Å². The van der Waals surface area contributed by atoms with Crippen LogP contribution in [0.15, 0.2) is 67.3 Å². The van der Waals surface area contributed by atoms with Gasteiger partial charge in [-0.05, 0) is 74.6 Å². The van der Waals surface area contributed by atoms with E-state index in [9.17, 15) is 9.59 Å². The number of aromatic nitrogens is 4. The Kier molecular flexibility index (Phi) is 10.1. The van der Waals surface area contributed by atoms with Gasteiger partial charge < -0.3 is 28.4 Å². The Morgan fingerprint density at radius 1 is 0.800 bits per heavy atom. The first kappa shape index (κ1) is 41.4. The molecule has 0 saturated carbocycles. The fourth-order valence-corrected chi connectivity index (χ4v) is 9.67. The van der Waals surface area contributed by atoms with E-state index in [1.807, 2.05) is 0 Å². The summed E-state index contributed by atoms with van der Waals surface area (Å²) in [6.07, 6.45) is 1.59. The molecule has 2 aromatic heterocycles. The number of nitrogens with one attached hydrogen (secondary N) is 1. The Balaban J connectivity index is 1.34. The van der Waals surface area contributed by atoms with Gasteiger partial charge in [-0.25, -0.2) is 15.0 Å². The van der Waals surface area contributed by atoms with Crippen LogP contribution in [0.4, 0.5) is 11.5 Å². The largest absolute Gasteiger partial charge is 0.541 e. The van der Waals surface area contributed by atoms with E-state index in [-0.39, 0.29) is 16.7 Å². The molecule has 1 saturated heterocycles. The van der Waals surface area contributed by atoms with E-state index in [0.717, 1.165) is 33.0 Å². The molecule has 1 aliphatic heterocycles. The maximum absolute atomic E-state index is 12.0. The first-order chi connectivity index (χ1) is 28.1. The molecule has 12 nitrogen and oxygen atoms in total. The zero-order valence-corrected chi connectivity index (χ0v) is 38.6. The maximum Gasteiger partial charge on any atom is 0.303 e. The highest BCUT2D eigenvalue weighted by Gasteiger charge is 2.44. The summed E-state index contributed by atoms with van der Waals surface area (Å²) < 4.78 is 33.7. The molecule has 7 aromatic rings. The molecule has 314 valence electrons. The van der Waals surface area contributed by atoms with E-state index < -0.39 is 47.0 Å². The van der Waals surface area contributed by atoms with Gasteiger partial charge in [-0.3, -0.25) is 14.2 Å². The quantitative estimate of drug-likeness (QED) is 0.0610. The second-order valence-electron chi connectivity index (χ2n) is 19.1. The van der Waals surface area contributed by atoms with E-state index in [0.29, 0.717) is 29.2 Å². The highest BCUT2D eigenvalue weighted by molar-refractivity contribution is 6.75. The van der Waals surface area contributed by atoms with Crippen LogP contribution in [0.25, 0.3) is 54.3 Å². The maximum atomic E-state index is 12.0. The number of hydrogen-bond donors (Lipinski definition) is 1. The number of benzene rings is 5. The Morgan fingerprint density at radius 3 is 2.13 bits per heavy atom. The number of nitrogens with zero attached hydrogens (tertiary/aromatic N) is 4. The lowest BCUT2D eigenvalue weighted by Crippen LogP contribution is -2.45. The fourth-order valence-electron chi connectivity index (χ4n) is 7.64. The number of fused-ring (bicyclic) bond motifs is 3. The van der Waals surface area contributed by atoms with Crippen LogP contribution in [0.5, 0.6) is 11.5 Å². The molecule has 0 radical (unpaired) electrons. The average Bonchev–Trinajstić information content (AvgIpc) is 3.77. The van der Waals surface area contributed by atoms with Crippen molar-refractivity contribution in [1.29, 1.82) is 0 Å². The molecule has 0 aliphatic carbocycles. The van der Waals surface area contributed by atoms with Crippen LogP contribution >= 0.6 is 0 Å². The van der Waals surface area contributed by atoms with Crippen molar-refractivity contribution in [3.63, 3.8) is 0 Å². The molecule has 1 N–H and O–H groups in total. The van der Waals surface area contributed by atoms with E-state index in [4.69, 9.17) is 33.0 Å². The lowest BCUT2D eigenvalue weighted by atomic mass is 9.90. The van der Waals surface area contributed by atoms with Crippen molar-refractivity contribution in [2.75, 3.05) is 11.9 Å². The Hall–Kier alpha value is -5.32. The SMILES string of the molecule is CC(=O)OC[C@H]1O[C@@H](n2cnc3c(Nc4cc(O[Si](C)(C)C(C)(C)C)c(O[Si](C)(C)C(C)(C)C)c5cc6ccc7cccc8ccc(c45)c6c78)ncnc32)C[C@@H]1OC(C)=O. The number of hydrogen-bond acceptors (Lipinski definition) is 11. The highest BCUT2D eigenvalue weighted by atomic mass is 28.4. The molecule has 3 atom stereocenters. The zero-order valence-electron chi connectivity index (χ0n) is 36.6. The summed E-state index contributed by atoms with van der Waals surface area (Å²) >= 11 is 0. The molecule has 60 heavy (non-hydrogen) atoms. The van der Waals surface area contributed by atoms with Crippen LogP contribution in [0.3, 0.4) is 0 Å². The minimum atomic E-state index is -2.41. The van der Waals surface area contributed by atoms with Crippen LogP contribution in [0.1, 0.15) is 68.0 Å². The molecule has 8 rings (SSSR count). The normalized spacial score (nSPS) is 17.9.